The first kappa shape index (κ1) is 12.7. The lowest BCUT2D eigenvalue weighted by Crippen LogP contribution is -2.24. The molecule has 0 aromatic heterocycles. The Morgan fingerprint density at radius 2 is 2.29 bits per heavy atom. The van der Waals surface area contributed by atoms with E-state index in [2.05, 4.69) is 4.90 Å². The molecule has 2 atom stereocenters. The number of hydrogen-bond acceptors (Lipinski definition) is 3. The van der Waals surface area contributed by atoms with E-state index >= 15 is 0 Å². The molecule has 1 aliphatic heterocycles. The molecule has 0 radical (unpaired) electrons. The van der Waals surface area contributed by atoms with E-state index in [0.717, 1.165) is 25.1 Å². The molecule has 0 aliphatic carbocycles. The Balaban J connectivity index is 2.00. The zero-order valence-corrected chi connectivity index (χ0v) is 10.7. The molecule has 3 nitrogen and oxygen atoms in total. The van der Waals surface area contributed by atoms with Crippen LogP contribution >= 0.6 is 11.6 Å². The van der Waals surface area contributed by atoms with Crippen LogP contribution in [0.3, 0.4) is 0 Å². The molecule has 4 heteroatoms. The van der Waals surface area contributed by atoms with Crippen LogP contribution in [0.15, 0.2) is 18.2 Å². The molecule has 0 bridgehead atoms. The molecule has 1 aliphatic rings. The van der Waals surface area contributed by atoms with Gasteiger partial charge in [-0.2, -0.15) is 0 Å². The van der Waals surface area contributed by atoms with Crippen LogP contribution in [-0.4, -0.2) is 34.3 Å². The lowest BCUT2D eigenvalue weighted by Gasteiger charge is -2.18. The van der Waals surface area contributed by atoms with E-state index in [1.165, 1.54) is 0 Å². The molecule has 94 valence electrons. The summed E-state index contributed by atoms with van der Waals surface area (Å²) in [4.78, 5) is 2.24. The van der Waals surface area contributed by atoms with Gasteiger partial charge in [-0.3, -0.25) is 4.90 Å². The first-order chi connectivity index (χ1) is 8.06. The lowest BCUT2D eigenvalue weighted by molar-refractivity contribution is 0.127. The van der Waals surface area contributed by atoms with Gasteiger partial charge >= 0.3 is 0 Å². The number of phenolic OH excluding ortho intramolecular Hbond substituents is 1. The summed E-state index contributed by atoms with van der Waals surface area (Å²) in [6, 6.07) is 5.11. The highest BCUT2D eigenvalue weighted by atomic mass is 35.5. The Labute approximate surface area is 107 Å². The smallest absolute Gasteiger partial charge is 0.120 e. The number of likely N-dealkylation sites (tertiary alicyclic amines) is 1. The predicted molar refractivity (Wildman–Crippen MR) is 68.2 cm³/mol. The summed E-state index contributed by atoms with van der Waals surface area (Å²) >= 11 is 5.91. The maximum atomic E-state index is 9.74. The fraction of sp³-hybridized carbons (Fsp3) is 0.538. The summed E-state index contributed by atoms with van der Waals surface area (Å²) in [6.07, 6.45) is 0.756. The van der Waals surface area contributed by atoms with Gasteiger partial charge in [0.1, 0.15) is 5.75 Å². The monoisotopic (exact) mass is 255 g/mol. The van der Waals surface area contributed by atoms with Gasteiger partial charge in [0, 0.05) is 23.7 Å². The molecule has 1 aromatic carbocycles. The Morgan fingerprint density at radius 1 is 1.53 bits per heavy atom. The Bertz CT molecular complexity index is 395. The average Bonchev–Trinajstić information content (AvgIpc) is 2.72. The van der Waals surface area contributed by atoms with Gasteiger partial charge in [0.15, 0.2) is 0 Å². The number of rotatable bonds is 3. The maximum absolute atomic E-state index is 9.74. The first-order valence-electron chi connectivity index (χ1n) is 5.94. The number of halogens is 1. The van der Waals surface area contributed by atoms with Gasteiger partial charge in [-0.05, 0) is 44.0 Å². The van der Waals surface area contributed by atoms with Crippen LogP contribution in [0.25, 0.3) is 0 Å². The van der Waals surface area contributed by atoms with Crippen molar-refractivity contribution in [3.05, 3.63) is 28.8 Å². The number of benzene rings is 1. The minimum Gasteiger partial charge on any atom is -0.508 e. The third-order valence-corrected chi connectivity index (χ3v) is 3.66. The van der Waals surface area contributed by atoms with Crippen LogP contribution in [0.1, 0.15) is 18.9 Å². The molecule has 1 fully saturated rings. The minimum atomic E-state index is -0.257. The second kappa shape index (κ2) is 5.25. The average molecular weight is 256 g/mol. The number of aromatic hydroxyl groups is 1. The highest BCUT2D eigenvalue weighted by molar-refractivity contribution is 6.30. The highest BCUT2D eigenvalue weighted by Gasteiger charge is 2.26. The summed E-state index contributed by atoms with van der Waals surface area (Å²) < 4.78 is 0. The van der Waals surface area contributed by atoms with Gasteiger partial charge in [-0.25, -0.2) is 0 Å². The fourth-order valence-corrected chi connectivity index (χ4v) is 2.52. The summed E-state index contributed by atoms with van der Waals surface area (Å²) in [5.74, 6) is 0.631. The molecule has 2 rings (SSSR count). The van der Waals surface area contributed by atoms with Crippen molar-refractivity contribution in [2.75, 3.05) is 13.1 Å². The standard InChI is InChI=1S/C13H18ClNO2/c1-9(16)10-4-5-15(7-10)8-11-6-12(14)2-3-13(11)17/h2-3,6,9-10,16-17H,4-5,7-8H2,1H3. The zero-order valence-electron chi connectivity index (χ0n) is 9.93. The normalized spacial score (nSPS) is 22.9. The van der Waals surface area contributed by atoms with Crippen molar-refractivity contribution in [1.29, 1.82) is 0 Å². The third-order valence-electron chi connectivity index (χ3n) is 3.43. The topological polar surface area (TPSA) is 43.7 Å². The molecular formula is C13H18ClNO2. The molecule has 1 heterocycles. The van der Waals surface area contributed by atoms with Gasteiger partial charge < -0.3 is 10.2 Å². The second-order valence-corrected chi connectivity index (χ2v) is 5.23. The van der Waals surface area contributed by atoms with Crippen molar-refractivity contribution in [3.8, 4) is 5.75 Å². The van der Waals surface area contributed by atoms with Gasteiger partial charge in [0.25, 0.3) is 0 Å². The van der Waals surface area contributed by atoms with Crippen molar-refractivity contribution in [2.24, 2.45) is 5.92 Å². The molecule has 2 unspecified atom stereocenters. The van der Waals surface area contributed by atoms with E-state index in [0.29, 0.717) is 17.5 Å². The van der Waals surface area contributed by atoms with Crippen molar-refractivity contribution in [3.63, 3.8) is 0 Å². The number of hydrogen-bond donors (Lipinski definition) is 2. The lowest BCUT2D eigenvalue weighted by atomic mass is 10.0. The van der Waals surface area contributed by atoms with E-state index in [-0.39, 0.29) is 11.9 Å². The number of aliphatic hydroxyl groups excluding tert-OH is 1. The summed E-state index contributed by atoms with van der Waals surface area (Å²) in [5, 5.41) is 19.9. The van der Waals surface area contributed by atoms with Crippen molar-refractivity contribution in [2.45, 2.75) is 26.0 Å². The van der Waals surface area contributed by atoms with Gasteiger partial charge in [0.05, 0.1) is 6.10 Å². The molecule has 1 saturated heterocycles. The van der Waals surface area contributed by atoms with Crippen LogP contribution in [0.2, 0.25) is 5.02 Å². The molecular weight excluding hydrogens is 238 g/mol. The van der Waals surface area contributed by atoms with E-state index < -0.39 is 0 Å². The SMILES string of the molecule is CC(O)C1CCN(Cc2cc(Cl)ccc2O)C1. The second-order valence-electron chi connectivity index (χ2n) is 4.80. The van der Waals surface area contributed by atoms with Crippen molar-refractivity contribution < 1.29 is 10.2 Å². The molecule has 0 saturated carbocycles. The molecule has 0 amide bonds. The van der Waals surface area contributed by atoms with Crippen molar-refractivity contribution >= 4 is 11.6 Å². The quantitative estimate of drug-likeness (QED) is 0.871. The molecule has 0 spiro atoms. The van der Waals surface area contributed by atoms with Gasteiger partial charge in [0.2, 0.25) is 0 Å². The van der Waals surface area contributed by atoms with Gasteiger partial charge in [-0.1, -0.05) is 11.6 Å². The van der Waals surface area contributed by atoms with E-state index in [1.807, 2.05) is 6.92 Å². The molecule has 17 heavy (non-hydrogen) atoms. The van der Waals surface area contributed by atoms with Gasteiger partial charge in [-0.15, -0.1) is 0 Å². The van der Waals surface area contributed by atoms with Crippen LogP contribution in [0.5, 0.6) is 5.75 Å². The largest absolute Gasteiger partial charge is 0.508 e. The third kappa shape index (κ3) is 3.12. The Kier molecular flexibility index (Phi) is 3.92. The number of aliphatic hydroxyl groups is 1. The van der Waals surface area contributed by atoms with Crippen LogP contribution in [-0.2, 0) is 6.54 Å². The van der Waals surface area contributed by atoms with E-state index in [4.69, 9.17) is 11.6 Å². The van der Waals surface area contributed by atoms with Crippen LogP contribution in [0, 0.1) is 5.92 Å². The maximum Gasteiger partial charge on any atom is 0.120 e. The minimum absolute atomic E-state index is 0.257. The highest BCUT2D eigenvalue weighted by Crippen LogP contribution is 2.26. The van der Waals surface area contributed by atoms with E-state index in [9.17, 15) is 10.2 Å². The van der Waals surface area contributed by atoms with Crippen molar-refractivity contribution in [1.82, 2.24) is 4.90 Å². The summed E-state index contributed by atoms with van der Waals surface area (Å²) in [6.45, 7) is 4.37. The van der Waals surface area contributed by atoms with Crippen LogP contribution < -0.4 is 0 Å². The number of phenols is 1. The summed E-state index contributed by atoms with van der Waals surface area (Å²) in [5.41, 5.74) is 0.851. The molecule has 2 N–H and O–H groups in total. The van der Waals surface area contributed by atoms with Crippen LogP contribution in [0.4, 0.5) is 0 Å². The fourth-order valence-electron chi connectivity index (χ4n) is 2.32. The summed E-state index contributed by atoms with van der Waals surface area (Å²) in [7, 11) is 0. The molecule has 1 aromatic rings. The first-order valence-corrected chi connectivity index (χ1v) is 6.32. The van der Waals surface area contributed by atoms with E-state index in [1.54, 1.807) is 18.2 Å². The predicted octanol–water partition coefficient (Wildman–Crippen LogP) is 2.25. The Morgan fingerprint density at radius 3 is 2.94 bits per heavy atom. The zero-order chi connectivity index (χ0) is 12.4. The Hall–Kier alpha value is -0.770. The number of nitrogens with zero attached hydrogens (tertiary/aromatic N) is 1.